The van der Waals surface area contributed by atoms with Gasteiger partial charge in [0, 0.05) is 5.75 Å². The standard InChI is InChI=1S/C16H11NS/c17-9-12-6-7-14-10-18-11-16(15(14)8-12)13-4-2-1-3-5-13/h1-8,11H,10H2. The fourth-order valence-electron chi connectivity index (χ4n) is 2.14. The fourth-order valence-corrected chi connectivity index (χ4v) is 3.09. The molecule has 1 aliphatic rings. The maximum absolute atomic E-state index is 9.02. The largest absolute Gasteiger partial charge is 0.192 e. The molecule has 0 aromatic heterocycles. The molecule has 2 aromatic carbocycles. The van der Waals surface area contributed by atoms with Gasteiger partial charge in [-0.1, -0.05) is 36.4 Å². The maximum atomic E-state index is 9.02. The summed E-state index contributed by atoms with van der Waals surface area (Å²) in [5.74, 6) is 0.984. The molecule has 0 N–H and O–H groups in total. The van der Waals surface area contributed by atoms with E-state index in [1.165, 1.54) is 22.3 Å². The molecule has 86 valence electrons. The van der Waals surface area contributed by atoms with E-state index in [2.05, 4.69) is 29.7 Å². The number of nitrogens with zero attached hydrogens (tertiary/aromatic N) is 1. The molecular weight excluding hydrogens is 238 g/mol. The number of hydrogen-bond acceptors (Lipinski definition) is 2. The Hall–Kier alpha value is -1.98. The van der Waals surface area contributed by atoms with Crippen LogP contribution in [0.3, 0.4) is 0 Å². The Morgan fingerprint density at radius 2 is 1.89 bits per heavy atom. The summed E-state index contributed by atoms with van der Waals surface area (Å²) in [6, 6.07) is 18.5. The maximum Gasteiger partial charge on any atom is 0.0991 e. The smallest absolute Gasteiger partial charge is 0.0991 e. The molecule has 0 atom stereocenters. The second-order valence-electron chi connectivity index (χ2n) is 4.19. The summed E-state index contributed by atoms with van der Waals surface area (Å²) in [6.07, 6.45) is 0. The van der Waals surface area contributed by atoms with E-state index >= 15 is 0 Å². The lowest BCUT2D eigenvalue weighted by molar-refractivity contribution is 1.35. The molecule has 0 spiro atoms. The summed E-state index contributed by atoms with van der Waals surface area (Å²) in [4.78, 5) is 0. The molecule has 0 amide bonds. The van der Waals surface area contributed by atoms with Crippen LogP contribution in [-0.2, 0) is 5.75 Å². The first-order valence-corrected chi connectivity index (χ1v) is 6.84. The van der Waals surface area contributed by atoms with Crippen LogP contribution in [0.25, 0.3) is 5.57 Å². The Labute approximate surface area is 111 Å². The van der Waals surface area contributed by atoms with Crippen LogP contribution >= 0.6 is 11.8 Å². The zero-order valence-electron chi connectivity index (χ0n) is 9.76. The number of nitriles is 1. The van der Waals surface area contributed by atoms with Crippen molar-refractivity contribution in [2.75, 3.05) is 0 Å². The van der Waals surface area contributed by atoms with Gasteiger partial charge >= 0.3 is 0 Å². The highest BCUT2D eigenvalue weighted by atomic mass is 32.2. The van der Waals surface area contributed by atoms with Crippen LogP contribution in [0, 0.1) is 11.3 Å². The predicted octanol–water partition coefficient (Wildman–Crippen LogP) is 4.19. The minimum absolute atomic E-state index is 0.725. The summed E-state index contributed by atoms with van der Waals surface area (Å²) in [5.41, 5.74) is 5.65. The van der Waals surface area contributed by atoms with Crippen molar-refractivity contribution in [1.29, 1.82) is 5.26 Å². The van der Waals surface area contributed by atoms with E-state index < -0.39 is 0 Å². The molecule has 0 aliphatic carbocycles. The van der Waals surface area contributed by atoms with Crippen LogP contribution < -0.4 is 0 Å². The molecule has 0 saturated heterocycles. The first-order chi connectivity index (χ1) is 8.88. The van der Waals surface area contributed by atoms with Crippen LogP contribution in [0.15, 0.2) is 53.9 Å². The van der Waals surface area contributed by atoms with Gasteiger partial charge in [-0.15, -0.1) is 11.8 Å². The summed E-state index contributed by atoms with van der Waals surface area (Å²) in [7, 11) is 0. The molecule has 2 aromatic rings. The van der Waals surface area contributed by atoms with Crippen LogP contribution in [0.4, 0.5) is 0 Å². The molecule has 1 aliphatic heterocycles. The van der Waals surface area contributed by atoms with Gasteiger partial charge in [-0.2, -0.15) is 5.26 Å². The van der Waals surface area contributed by atoms with Crippen LogP contribution in [0.1, 0.15) is 22.3 Å². The lowest BCUT2D eigenvalue weighted by atomic mass is 9.94. The van der Waals surface area contributed by atoms with Crippen molar-refractivity contribution in [3.63, 3.8) is 0 Å². The Balaban J connectivity index is 2.15. The normalized spacial score (nSPS) is 13.4. The van der Waals surface area contributed by atoms with Gasteiger partial charge in [0.2, 0.25) is 0 Å². The molecule has 1 nitrogen and oxygen atoms in total. The highest BCUT2D eigenvalue weighted by Crippen LogP contribution is 2.36. The monoisotopic (exact) mass is 249 g/mol. The van der Waals surface area contributed by atoms with Crippen molar-refractivity contribution in [3.05, 3.63) is 76.2 Å². The van der Waals surface area contributed by atoms with E-state index in [0.717, 1.165) is 11.3 Å². The molecule has 0 saturated carbocycles. The van der Waals surface area contributed by atoms with Crippen molar-refractivity contribution < 1.29 is 0 Å². The van der Waals surface area contributed by atoms with Crippen molar-refractivity contribution in [3.8, 4) is 6.07 Å². The molecule has 0 radical (unpaired) electrons. The minimum atomic E-state index is 0.725. The minimum Gasteiger partial charge on any atom is -0.192 e. The van der Waals surface area contributed by atoms with Gasteiger partial charge < -0.3 is 0 Å². The molecule has 3 rings (SSSR count). The number of thioether (sulfide) groups is 1. The van der Waals surface area contributed by atoms with Crippen molar-refractivity contribution in [2.24, 2.45) is 0 Å². The van der Waals surface area contributed by atoms with Gasteiger partial charge in [0.1, 0.15) is 0 Å². The van der Waals surface area contributed by atoms with Gasteiger partial charge in [0.05, 0.1) is 11.6 Å². The molecule has 18 heavy (non-hydrogen) atoms. The van der Waals surface area contributed by atoms with Crippen LogP contribution in [0.2, 0.25) is 0 Å². The molecule has 0 bridgehead atoms. The van der Waals surface area contributed by atoms with E-state index in [1.54, 1.807) is 0 Å². The van der Waals surface area contributed by atoms with E-state index in [9.17, 15) is 0 Å². The fraction of sp³-hybridized carbons (Fsp3) is 0.0625. The third kappa shape index (κ3) is 1.94. The highest BCUT2D eigenvalue weighted by molar-refractivity contribution is 8.01. The SMILES string of the molecule is N#Cc1ccc2c(c1)C(c1ccccc1)=CSC2. The summed E-state index contributed by atoms with van der Waals surface area (Å²) in [6.45, 7) is 0. The zero-order valence-corrected chi connectivity index (χ0v) is 10.6. The number of rotatable bonds is 1. The number of hydrogen-bond donors (Lipinski definition) is 0. The summed E-state index contributed by atoms with van der Waals surface area (Å²) >= 11 is 1.81. The second-order valence-corrected chi connectivity index (χ2v) is 5.05. The first-order valence-electron chi connectivity index (χ1n) is 5.79. The van der Waals surface area contributed by atoms with Crippen molar-refractivity contribution in [1.82, 2.24) is 0 Å². The highest BCUT2D eigenvalue weighted by Gasteiger charge is 2.14. The third-order valence-corrected chi connectivity index (χ3v) is 3.93. The van der Waals surface area contributed by atoms with Gasteiger partial charge in [-0.3, -0.25) is 0 Å². The summed E-state index contributed by atoms with van der Waals surface area (Å²) < 4.78 is 0. The number of fused-ring (bicyclic) bond motifs is 1. The zero-order chi connectivity index (χ0) is 12.4. The van der Waals surface area contributed by atoms with E-state index in [0.29, 0.717) is 0 Å². The Bertz CT molecular complexity index is 651. The molecule has 0 fully saturated rings. The average Bonchev–Trinajstić information content (AvgIpc) is 2.47. The summed E-state index contributed by atoms with van der Waals surface area (Å²) in [5, 5.41) is 11.2. The van der Waals surface area contributed by atoms with Gasteiger partial charge in [0.15, 0.2) is 0 Å². The Morgan fingerprint density at radius 3 is 2.67 bits per heavy atom. The van der Waals surface area contributed by atoms with E-state index in [4.69, 9.17) is 5.26 Å². The molecule has 0 unspecified atom stereocenters. The van der Waals surface area contributed by atoms with Crippen LogP contribution in [-0.4, -0.2) is 0 Å². The predicted molar refractivity (Wildman–Crippen MR) is 76.0 cm³/mol. The van der Waals surface area contributed by atoms with Crippen molar-refractivity contribution >= 4 is 17.3 Å². The second kappa shape index (κ2) is 4.72. The van der Waals surface area contributed by atoms with Gasteiger partial charge in [-0.05, 0) is 39.8 Å². The van der Waals surface area contributed by atoms with E-state index in [-0.39, 0.29) is 0 Å². The topological polar surface area (TPSA) is 23.8 Å². The van der Waals surface area contributed by atoms with E-state index in [1.807, 2.05) is 42.1 Å². The molecular formula is C16H11NS. The van der Waals surface area contributed by atoms with Gasteiger partial charge in [-0.25, -0.2) is 0 Å². The lowest BCUT2D eigenvalue weighted by Crippen LogP contribution is -1.98. The van der Waals surface area contributed by atoms with Crippen LogP contribution in [0.5, 0.6) is 0 Å². The third-order valence-electron chi connectivity index (χ3n) is 3.05. The molecule has 2 heteroatoms. The first kappa shape index (κ1) is 11.1. The van der Waals surface area contributed by atoms with Crippen molar-refractivity contribution in [2.45, 2.75) is 5.75 Å². The quantitative estimate of drug-likeness (QED) is 0.756. The molecule has 1 heterocycles. The Kier molecular flexibility index (Phi) is 2.92. The van der Waals surface area contributed by atoms with Gasteiger partial charge in [0.25, 0.3) is 0 Å². The average molecular weight is 249 g/mol. The number of benzene rings is 2. The Morgan fingerprint density at radius 1 is 1.06 bits per heavy atom. The lowest BCUT2D eigenvalue weighted by Gasteiger charge is -2.17.